The maximum absolute atomic E-state index is 12.3. The van der Waals surface area contributed by atoms with Crippen LogP contribution in [-0.4, -0.2) is 20.0 Å². The van der Waals surface area contributed by atoms with Crippen molar-refractivity contribution in [2.45, 2.75) is 18.4 Å². The number of pyridine rings is 1. The molecule has 0 fully saturated rings. The SMILES string of the molecule is CCOc1ccc(S(=O)(=O)Nc2ccccn2)cc1CN. The fourth-order valence-electron chi connectivity index (χ4n) is 1.80. The van der Waals surface area contributed by atoms with Gasteiger partial charge in [0.15, 0.2) is 0 Å². The monoisotopic (exact) mass is 307 g/mol. The van der Waals surface area contributed by atoms with E-state index in [1.54, 1.807) is 24.3 Å². The molecule has 0 radical (unpaired) electrons. The molecule has 0 saturated heterocycles. The van der Waals surface area contributed by atoms with E-state index in [2.05, 4.69) is 9.71 Å². The molecule has 21 heavy (non-hydrogen) atoms. The minimum absolute atomic E-state index is 0.122. The number of nitrogens with two attached hydrogens (primary N) is 1. The summed E-state index contributed by atoms with van der Waals surface area (Å²) in [4.78, 5) is 4.06. The zero-order chi connectivity index (χ0) is 15.3. The Morgan fingerprint density at radius 2 is 2.10 bits per heavy atom. The fourth-order valence-corrected chi connectivity index (χ4v) is 2.86. The highest BCUT2D eigenvalue weighted by Gasteiger charge is 2.16. The summed E-state index contributed by atoms with van der Waals surface area (Å²) in [6.07, 6.45) is 1.52. The summed E-state index contributed by atoms with van der Waals surface area (Å²) in [5.74, 6) is 0.859. The van der Waals surface area contributed by atoms with Gasteiger partial charge in [-0.2, -0.15) is 0 Å². The van der Waals surface area contributed by atoms with Crippen molar-refractivity contribution in [1.82, 2.24) is 4.98 Å². The van der Waals surface area contributed by atoms with E-state index in [1.165, 1.54) is 18.3 Å². The van der Waals surface area contributed by atoms with Crippen molar-refractivity contribution in [2.75, 3.05) is 11.3 Å². The molecule has 2 rings (SSSR count). The zero-order valence-corrected chi connectivity index (χ0v) is 12.4. The third-order valence-electron chi connectivity index (χ3n) is 2.77. The van der Waals surface area contributed by atoms with Gasteiger partial charge in [0.25, 0.3) is 10.0 Å². The first-order valence-electron chi connectivity index (χ1n) is 6.46. The highest BCUT2D eigenvalue weighted by molar-refractivity contribution is 7.92. The molecular formula is C14H17N3O3S. The summed E-state index contributed by atoms with van der Waals surface area (Å²) in [5, 5.41) is 0. The van der Waals surface area contributed by atoms with Crippen LogP contribution in [0.3, 0.4) is 0 Å². The number of hydrogen-bond acceptors (Lipinski definition) is 5. The molecule has 2 aromatic rings. The van der Waals surface area contributed by atoms with Crippen LogP contribution in [0.4, 0.5) is 5.82 Å². The normalized spacial score (nSPS) is 11.1. The highest BCUT2D eigenvalue weighted by Crippen LogP contribution is 2.23. The van der Waals surface area contributed by atoms with Crippen LogP contribution in [0.2, 0.25) is 0 Å². The number of sulfonamides is 1. The number of rotatable bonds is 6. The van der Waals surface area contributed by atoms with E-state index >= 15 is 0 Å². The molecule has 0 atom stereocenters. The van der Waals surface area contributed by atoms with Gasteiger partial charge in [0, 0.05) is 18.3 Å². The molecule has 0 aliphatic rings. The number of anilines is 1. The minimum atomic E-state index is -3.70. The van der Waals surface area contributed by atoms with Gasteiger partial charge in [-0.15, -0.1) is 0 Å². The predicted molar refractivity (Wildman–Crippen MR) is 80.5 cm³/mol. The maximum Gasteiger partial charge on any atom is 0.263 e. The second kappa shape index (κ2) is 6.55. The van der Waals surface area contributed by atoms with E-state index in [9.17, 15) is 8.42 Å². The van der Waals surface area contributed by atoms with Crippen molar-refractivity contribution in [2.24, 2.45) is 5.73 Å². The zero-order valence-electron chi connectivity index (χ0n) is 11.6. The van der Waals surface area contributed by atoms with E-state index in [0.717, 1.165) is 0 Å². The summed E-state index contributed by atoms with van der Waals surface area (Å²) >= 11 is 0. The van der Waals surface area contributed by atoms with Gasteiger partial charge in [-0.05, 0) is 37.3 Å². The molecule has 0 saturated carbocycles. The largest absolute Gasteiger partial charge is 0.494 e. The molecule has 112 valence electrons. The van der Waals surface area contributed by atoms with Crippen LogP contribution >= 0.6 is 0 Å². The number of hydrogen-bond donors (Lipinski definition) is 2. The molecule has 0 unspecified atom stereocenters. The van der Waals surface area contributed by atoms with Crippen molar-refractivity contribution in [3.8, 4) is 5.75 Å². The lowest BCUT2D eigenvalue weighted by Crippen LogP contribution is -2.14. The van der Waals surface area contributed by atoms with Crippen LogP contribution in [0, 0.1) is 0 Å². The van der Waals surface area contributed by atoms with Gasteiger partial charge in [0.05, 0.1) is 11.5 Å². The Hall–Kier alpha value is -2.12. The second-order valence-corrected chi connectivity index (χ2v) is 5.91. The van der Waals surface area contributed by atoms with E-state index in [0.29, 0.717) is 17.9 Å². The third-order valence-corrected chi connectivity index (χ3v) is 4.12. The molecule has 1 heterocycles. The Morgan fingerprint density at radius 3 is 2.71 bits per heavy atom. The van der Waals surface area contributed by atoms with Crippen LogP contribution < -0.4 is 15.2 Å². The maximum atomic E-state index is 12.3. The van der Waals surface area contributed by atoms with E-state index in [4.69, 9.17) is 10.5 Å². The number of nitrogens with zero attached hydrogens (tertiary/aromatic N) is 1. The average Bonchev–Trinajstić information content (AvgIpc) is 2.48. The van der Waals surface area contributed by atoms with Crippen molar-refractivity contribution >= 4 is 15.8 Å². The summed E-state index contributed by atoms with van der Waals surface area (Å²) in [6, 6.07) is 9.59. The topological polar surface area (TPSA) is 94.3 Å². The predicted octanol–water partition coefficient (Wildman–Crippen LogP) is 1.74. The Morgan fingerprint density at radius 1 is 1.29 bits per heavy atom. The van der Waals surface area contributed by atoms with Gasteiger partial charge in [0.1, 0.15) is 11.6 Å². The summed E-state index contributed by atoms with van der Waals surface area (Å²) in [5.41, 5.74) is 6.28. The fraction of sp³-hybridized carbons (Fsp3) is 0.214. The van der Waals surface area contributed by atoms with Crippen LogP contribution in [0.15, 0.2) is 47.5 Å². The molecule has 6 nitrogen and oxygen atoms in total. The molecule has 0 amide bonds. The van der Waals surface area contributed by atoms with Gasteiger partial charge in [0.2, 0.25) is 0 Å². The molecule has 0 bridgehead atoms. The molecule has 1 aromatic carbocycles. The first kappa shape index (κ1) is 15.3. The first-order valence-corrected chi connectivity index (χ1v) is 7.94. The second-order valence-electron chi connectivity index (χ2n) is 4.23. The van der Waals surface area contributed by atoms with E-state index in [-0.39, 0.29) is 17.3 Å². The average molecular weight is 307 g/mol. The number of nitrogens with one attached hydrogen (secondary N) is 1. The Bertz CT molecular complexity index is 703. The lowest BCUT2D eigenvalue weighted by Gasteiger charge is -2.12. The van der Waals surface area contributed by atoms with E-state index < -0.39 is 10.0 Å². The van der Waals surface area contributed by atoms with Crippen molar-refractivity contribution < 1.29 is 13.2 Å². The van der Waals surface area contributed by atoms with Crippen LogP contribution in [-0.2, 0) is 16.6 Å². The van der Waals surface area contributed by atoms with Crippen LogP contribution in [0.1, 0.15) is 12.5 Å². The Balaban J connectivity index is 2.32. The van der Waals surface area contributed by atoms with Crippen molar-refractivity contribution in [1.29, 1.82) is 0 Å². The summed E-state index contributed by atoms with van der Waals surface area (Å²) in [6.45, 7) is 2.54. The van der Waals surface area contributed by atoms with Gasteiger partial charge in [-0.3, -0.25) is 4.72 Å². The van der Waals surface area contributed by atoms with Crippen LogP contribution in [0.5, 0.6) is 5.75 Å². The van der Waals surface area contributed by atoms with Gasteiger partial charge >= 0.3 is 0 Å². The first-order chi connectivity index (χ1) is 10.1. The van der Waals surface area contributed by atoms with Crippen molar-refractivity contribution in [3.63, 3.8) is 0 Å². The molecular weight excluding hydrogens is 290 g/mol. The quantitative estimate of drug-likeness (QED) is 0.847. The number of benzene rings is 1. The smallest absolute Gasteiger partial charge is 0.263 e. The standard InChI is InChI=1S/C14H17N3O3S/c1-2-20-13-7-6-12(9-11(13)10-15)21(18,19)17-14-5-3-4-8-16-14/h3-9H,2,10,15H2,1H3,(H,16,17). The Kier molecular flexibility index (Phi) is 4.77. The Labute approximate surface area is 124 Å². The number of aromatic nitrogens is 1. The van der Waals surface area contributed by atoms with E-state index in [1.807, 2.05) is 6.92 Å². The van der Waals surface area contributed by atoms with Gasteiger partial charge in [-0.25, -0.2) is 13.4 Å². The molecule has 0 aliphatic carbocycles. The van der Waals surface area contributed by atoms with Crippen molar-refractivity contribution in [3.05, 3.63) is 48.2 Å². The lowest BCUT2D eigenvalue weighted by atomic mass is 10.2. The number of ether oxygens (including phenoxy) is 1. The lowest BCUT2D eigenvalue weighted by molar-refractivity contribution is 0.336. The molecule has 3 N–H and O–H groups in total. The molecule has 0 spiro atoms. The third kappa shape index (κ3) is 3.71. The van der Waals surface area contributed by atoms with Gasteiger partial charge in [-0.1, -0.05) is 6.07 Å². The summed E-state index contributed by atoms with van der Waals surface area (Å²) in [7, 11) is -3.70. The van der Waals surface area contributed by atoms with Crippen LogP contribution in [0.25, 0.3) is 0 Å². The molecule has 0 aliphatic heterocycles. The minimum Gasteiger partial charge on any atom is -0.494 e. The van der Waals surface area contributed by atoms with Gasteiger partial charge < -0.3 is 10.5 Å². The summed E-state index contributed by atoms with van der Waals surface area (Å²) < 4.78 is 32.4. The molecule has 7 heteroatoms. The molecule has 1 aromatic heterocycles. The highest BCUT2D eigenvalue weighted by atomic mass is 32.2.